The predicted octanol–water partition coefficient (Wildman–Crippen LogP) is -1.11. The first-order chi connectivity index (χ1) is 8.77. The quantitative estimate of drug-likeness (QED) is 0.646. The van der Waals surface area contributed by atoms with E-state index in [1.54, 1.807) is 13.8 Å². The molecule has 2 atom stereocenters. The molecule has 7 nitrogen and oxygen atoms in total. The van der Waals surface area contributed by atoms with E-state index in [0.717, 1.165) is 0 Å². The maximum atomic E-state index is 12.0. The molecule has 0 aliphatic carbocycles. The minimum Gasteiger partial charge on any atom is -0.383 e. The van der Waals surface area contributed by atoms with E-state index in [2.05, 4.69) is 4.72 Å². The molecule has 1 saturated heterocycles. The Morgan fingerprint density at radius 1 is 1.53 bits per heavy atom. The van der Waals surface area contributed by atoms with Gasteiger partial charge in [0.25, 0.3) is 0 Å². The Bertz CT molecular complexity index is 410. The summed E-state index contributed by atoms with van der Waals surface area (Å²) in [6, 6.07) is -0.880. The molecule has 1 heterocycles. The number of rotatable bonds is 6. The normalized spacial score (nSPS) is 21.9. The first kappa shape index (κ1) is 16.4. The number of ether oxygens (including phenoxy) is 1. The summed E-state index contributed by atoms with van der Waals surface area (Å²) in [7, 11) is -1.91. The van der Waals surface area contributed by atoms with Gasteiger partial charge in [0.05, 0.1) is 11.9 Å². The number of nitrogens with one attached hydrogen (secondary N) is 1. The van der Waals surface area contributed by atoms with E-state index in [9.17, 15) is 13.2 Å². The summed E-state index contributed by atoms with van der Waals surface area (Å²) < 4.78 is 31.4. The van der Waals surface area contributed by atoms with E-state index in [4.69, 9.17) is 10.5 Å². The molecular weight excluding hydrogens is 270 g/mol. The lowest BCUT2D eigenvalue weighted by atomic mass is 10.3. The molecular formula is C11H23N3O4S. The molecule has 0 aromatic carbocycles. The molecule has 112 valence electrons. The van der Waals surface area contributed by atoms with Crippen LogP contribution >= 0.6 is 0 Å². The van der Waals surface area contributed by atoms with Gasteiger partial charge in [-0.05, 0) is 20.3 Å². The summed E-state index contributed by atoms with van der Waals surface area (Å²) in [5.41, 5.74) is 5.66. The summed E-state index contributed by atoms with van der Waals surface area (Å²) in [6.45, 7) is 4.28. The second kappa shape index (κ2) is 6.65. The van der Waals surface area contributed by atoms with Crippen molar-refractivity contribution in [3.63, 3.8) is 0 Å². The van der Waals surface area contributed by atoms with Gasteiger partial charge in [0.15, 0.2) is 0 Å². The van der Waals surface area contributed by atoms with Crippen LogP contribution in [0.15, 0.2) is 0 Å². The zero-order valence-corrected chi connectivity index (χ0v) is 12.4. The number of hydrogen-bond acceptors (Lipinski definition) is 5. The molecule has 19 heavy (non-hydrogen) atoms. The standard InChI is InChI=1S/C11H23N3O4S/c1-8(2)13-19(16,17)9-4-5-14(6-9)11(15)10(12)7-18-3/h8-10,13H,4-7,12H2,1-3H3. The van der Waals surface area contributed by atoms with Crippen molar-refractivity contribution < 1.29 is 17.9 Å². The topological polar surface area (TPSA) is 102 Å². The lowest BCUT2D eigenvalue weighted by molar-refractivity contribution is -0.132. The van der Waals surface area contributed by atoms with Gasteiger partial charge in [0.1, 0.15) is 6.04 Å². The monoisotopic (exact) mass is 293 g/mol. The Hall–Kier alpha value is -0.700. The molecule has 1 aliphatic rings. The number of carbonyl (C=O) groups is 1. The summed E-state index contributed by atoms with van der Waals surface area (Å²) >= 11 is 0. The summed E-state index contributed by atoms with van der Waals surface area (Å²) in [4.78, 5) is 13.4. The number of methoxy groups -OCH3 is 1. The van der Waals surface area contributed by atoms with Gasteiger partial charge in [-0.25, -0.2) is 13.1 Å². The minimum absolute atomic E-state index is 0.136. The summed E-state index contributed by atoms with van der Waals surface area (Å²) in [6.07, 6.45) is 0.438. The van der Waals surface area contributed by atoms with Gasteiger partial charge in [-0.1, -0.05) is 0 Å². The summed E-state index contributed by atoms with van der Waals surface area (Å²) in [5, 5.41) is -0.561. The second-order valence-corrected chi connectivity index (χ2v) is 7.07. The number of likely N-dealkylation sites (tertiary alicyclic amines) is 1. The third kappa shape index (κ3) is 4.41. The fourth-order valence-corrected chi connectivity index (χ4v) is 3.73. The van der Waals surface area contributed by atoms with Crippen LogP contribution in [0.4, 0.5) is 0 Å². The van der Waals surface area contributed by atoms with Crippen molar-refractivity contribution in [2.75, 3.05) is 26.8 Å². The van der Waals surface area contributed by atoms with Gasteiger partial charge in [0.2, 0.25) is 15.9 Å². The molecule has 0 saturated carbocycles. The maximum Gasteiger partial charge on any atom is 0.241 e. The third-order valence-electron chi connectivity index (χ3n) is 2.96. The smallest absolute Gasteiger partial charge is 0.241 e. The lowest BCUT2D eigenvalue weighted by Gasteiger charge is -2.21. The predicted molar refractivity (Wildman–Crippen MR) is 72.0 cm³/mol. The highest BCUT2D eigenvalue weighted by molar-refractivity contribution is 7.90. The van der Waals surface area contributed by atoms with E-state index < -0.39 is 21.3 Å². The first-order valence-electron chi connectivity index (χ1n) is 6.32. The van der Waals surface area contributed by atoms with Gasteiger partial charge in [-0.15, -0.1) is 0 Å². The summed E-state index contributed by atoms with van der Waals surface area (Å²) in [5.74, 6) is -0.260. The highest BCUT2D eigenvalue weighted by Crippen LogP contribution is 2.17. The van der Waals surface area contributed by atoms with Crippen molar-refractivity contribution in [3.05, 3.63) is 0 Å². The van der Waals surface area contributed by atoms with E-state index >= 15 is 0 Å². The van der Waals surface area contributed by atoms with Crippen molar-refractivity contribution in [2.24, 2.45) is 5.73 Å². The Balaban J connectivity index is 2.61. The van der Waals surface area contributed by atoms with Crippen LogP contribution in [-0.4, -0.2) is 63.4 Å². The Morgan fingerprint density at radius 3 is 2.68 bits per heavy atom. The Labute approximate surface area is 114 Å². The molecule has 1 fully saturated rings. The minimum atomic E-state index is -3.38. The lowest BCUT2D eigenvalue weighted by Crippen LogP contribution is -2.46. The Kier molecular flexibility index (Phi) is 5.72. The van der Waals surface area contributed by atoms with Crippen LogP contribution in [0.3, 0.4) is 0 Å². The first-order valence-corrected chi connectivity index (χ1v) is 7.87. The molecule has 0 radical (unpaired) electrons. The van der Waals surface area contributed by atoms with Crippen LogP contribution in [0.5, 0.6) is 0 Å². The van der Waals surface area contributed by atoms with Gasteiger partial charge >= 0.3 is 0 Å². The van der Waals surface area contributed by atoms with Crippen molar-refractivity contribution in [1.82, 2.24) is 9.62 Å². The molecule has 2 unspecified atom stereocenters. The number of hydrogen-bond donors (Lipinski definition) is 2. The molecule has 0 spiro atoms. The molecule has 0 bridgehead atoms. The van der Waals surface area contributed by atoms with E-state index in [0.29, 0.717) is 13.0 Å². The molecule has 0 aromatic heterocycles. The average molecular weight is 293 g/mol. The van der Waals surface area contributed by atoms with Crippen LogP contribution in [0.2, 0.25) is 0 Å². The number of nitrogens with two attached hydrogens (primary N) is 1. The van der Waals surface area contributed by atoms with Gasteiger partial charge in [-0.2, -0.15) is 0 Å². The van der Waals surface area contributed by atoms with Crippen LogP contribution in [0, 0.1) is 0 Å². The average Bonchev–Trinajstić information content (AvgIpc) is 2.76. The number of sulfonamides is 1. The Morgan fingerprint density at radius 2 is 2.16 bits per heavy atom. The largest absolute Gasteiger partial charge is 0.383 e. The molecule has 0 aromatic rings. The highest BCUT2D eigenvalue weighted by Gasteiger charge is 2.36. The number of amides is 1. The van der Waals surface area contributed by atoms with Crippen LogP contribution in [0.1, 0.15) is 20.3 Å². The van der Waals surface area contributed by atoms with Gasteiger partial charge in [-0.3, -0.25) is 4.79 Å². The van der Waals surface area contributed by atoms with Crippen molar-refractivity contribution in [2.45, 2.75) is 37.6 Å². The molecule has 1 amide bonds. The van der Waals surface area contributed by atoms with Crippen LogP contribution in [-0.2, 0) is 19.6 Å². The molecule has 3 N–H and O–H groups in total. The van der Waals surface area contributed by atoms with Crippen molar-refractivity contribution >= 4 is 15.9 Å². The fourth-order valence-electron chi connectivity index (χ4n) is 2.09. The highest BCUT2D eigenvalue weighted by atomic mass is 32.2. The molecule has 8 heteroatoms. The second-order valence-electron chi connectivity index (χ2n) is 5.07. The SMILES string of the molecule is COCC(N)C(=O)N1CCC(S(=O)(=O)NC(C)C)C1. The van der Waals surface area contributed by atoms with Crippen molar-refractivity contribution in [3.8, 4) is 0 Å². The third-order valence-corrected chi connectivity index (χ3v) is 5.02. The molecule has 1 rings (SSSR count). The van der Waals surface area contributed by atoms with E-state index in [1.807, 2.05) is 0 Å². The maximum absolute atomic E-state index is 12.0. The fraction of sp³-hybridized carbons (Fsp3) is 0.909. The van der Waals surface area contributed by atoms with Crippen LogP contribution < -0.4 is 10.5 Å². The number of nitrogens with zero attached hydrogens (tertiary/aromatic N) is 1. The van der Waals surface area contributed by atoms with Gasteiger partial charge < -0.3 is 15.4 Å². The number of carbonyl (C=O) groups excluding carboxylic acids is 1. The molecule has 1 aliphatic heterocycles. The zero-order chi connectivity index (χ0) is 14.6. The van der Waals surface area contributed by atoms with Crippen molar-refractivity contribution in [1.29, 1.82) is 0 Å². The van der Waals surface area contributed by atoms with Crippen LogP contribution in [0.25, 0.3) is 0 Å². The zero-order valence-electron chi connectivity index (χ0n) is 11.6. The van der Waals surface area contributed by atoms with E-state index in [1.165, 1.54) is 12.0 Å². The van der Waals surface area contributed by atoms with Gasteiger partial charge in [0, 0.05) is 26.2 Å². The van der Waals surface area contributed by atoms with E-state index in [-0.39, 0.29) is 25.1 Å².